The SMILES string of the molecule is Cc1ccc(NC(=O)c2nn(-c3ccccc3C)c3c2CCC3)c(F)c1. The number of hydrogen-bond acceptors (Lipinski definition) is 2. The molecule has 0 saturated heterocycles. The highest BCUT2D eigenvalue weighted by Crippen LogP contribution is 2.29. The topological polar surface area (TPSA) is 46.9 Å². The third-order valence-electron chi connectivity index (χ3n) is 4.86. The molecule has 1 N–H and O–H groups in total. The van der Waals surface area contributed by atoms with Gasteiger partial charge >= 0.3 is 0 Å². The van der Waals surface area contributed by atoms with Crippen LogP contribution in [0.2, 0.25) is 0 Å². The Morgan fingerprint density at radius 1 is 1.15 bits per heavy atom. The van der Waals surface area contributed by atoms with Crippen LogP contribution in [0.3, 0.4) is 0 Å². The summed E-state index contributed by atoms with van der Waals surface area (Å²) in [7, 11) is 0. The van der Waals surface area contributed by atoms with Crippen LogP contribution in [0.4, 0.5) is 10.1 Å². The third-order valence-corrected chi connectivity index (χ3v) is 4.86. The lowest BCUT2D eigenvalue weighted by Gasteiger charge is -2.08. The smallest absolute Gasteiger partial charge is 0.276 e. The predicted molar refractivity (Wildman–Crippen MR) is 99.4 cm³/mol. The number of halogens is 1. The van der Waals surface area contributed by atoms with Gasteiger partial charge in [0.2, 0.25) is 0 Å². The van der Waals surface area contributed by atoms with Crippen LogP contribution in [0.1, 0.15) is 39.3 Å². The van der Waals surface area contributed by atoms with Crippen molar-refractivity contribution in [1.29, 1.82) is 0 Å². The molecule has 1 aromatic heterocycles. The molecule has 4 nitrogen and oxygen atoms in total. The Morgan fingerprint density at radius 2 is 1.96 bits per heavy atom. The highest BCUT2D eigenvalue weighted by Gasteiger charge is 2.27. The van der Waals surface area contributed by atoms with Crippen molar-refractivity contribution in [3.8, 4) is 5.69 Å². The Labute approximate surface area is 151 Å². The molecule has 4 rings (SSSR count). The van der Waals surface area contributed by atoms with Gasteiger partial charge in [0.25, 0.3) is 5.91 Å². The van der Waals surface area contributed by atoms with Crippen LogP contribution >= 0.6 is 0 Å². The molecular weight excluding hydrogens is 329 g/mol. The molecule has 3 aromatic rings. The number of nitrogens with one attached hydrogen (secondary N) is 1. The maximum Gasteiger partial charge on any atom is 0.276 e. The molecule has 0 radical (unpaired) electrons. The lowest BCUT2D eigenvalue weighted by atomic mass is 10.1. The van der Waals surface area contributed by atoms with Crippen LogP contribution in [0.25, 0.3) is 5.69 Å². The van der Waals surface area contributed by atoms with Crippen LogP contribution in [-0.2, 0) is 12.8 Å². The Hall–Kier alpha value is -2.95. The number of carbonyl (C=O) groups excluding carboxylic acids is 1. The van der Waals surface area contributed by atoms with E-state index >= 15 is 0 Å². The number of rotatable bonds is 3. The van der Waals surface area contributed by atoms with Gasteiger partial charge in [0.1, 0.15) is 5.82 Å². The van der Waals surface area contributed by atoms with Crippen molar-refractivity contribution in [2.24, 2.45) is 0 Å². The van der Waals surface area contributed by atoms with Crippen molar-refractivity contribution >= 4 is 11.6 Å². The van der Waals surface area contributed by atoms with E-state index in [4.69, 9.17) is 0 Å². The molecule has 1 heterocycles. The maximum absolute atomic E-state index is 14.1. The molecule has 5 heteroatoms. The zero-order valence-corrected chi connectivity index (χ0v) is 14.8. The van der Waals surface area contributed by atoms with E-state index < -0.39 is 5.82 Å². The van der Waals surface area contributed by atoms with E-state index in [0.717, 1.165) is 47.3 Å². The summed E-state index contributed by atoms with van der Waals surface area (Å²) in [4.78, 5) is 12.8. The molecule has 0 atom stereocenters. The Kier molecular flexibility index (Phi) is 4.07. The van der Waals surface area contributed by atoms with Gasteiger partial charge in [0.15, 0.2) is 5.69 Å². The molecular formula is C21H20FN3O. The van der Waals surface area contributed by atoms with E-state index in [-0.39, 0.29) is 11.6 Å². The second-order valence-electron chi connectivity index (χ2n) is 6.76. The van der Waals surface area contributed by atoms with Crippen molar-refractivity contribution in [2.75, 3.05) is 5.32 Å². The molecule has 1 aliphatic rings. The fraction of sp³-hybridized carbons (Fsp3) is 0.238. The fourth-order valence-electron chi connectivity index (χ4n) is 3.52. The molecule has 132 valence electrons. The first kappa shape index (κ1) is 16.5. The lowest BCUT2D eigenvalue weighted by Crippen LogP contribution is -2.16. The number of aromatic nitrogens is 2. The number of fused-ring (bicyclic) bond motifs is 1. The number of para-hydroxylation sites is 1. The van der Waals surface area contributed by atoms with Crippen LogP contribution in [0.15, 0.2) is 42.5 Å². The monoisotopic (exact) mass is 349 g/mol. The number of anilines is 1. The summed E-state index contributed by atoms with van der Waals surface area (Å²) < 4.78 is 16.0. The van der Waals surface area contributed by atoms with Crippen LogP contribution in [0.5, 0.6) is 0 Å². The van der Waals surface area contributed by atoms with E-state index in [0.29, 0.717) is 5.69 Å². The van der Waals surface area contributed by atoms with Crippen molar-refractivity contribution in [2.45, 2.75) is 33.1 Å². The molecule has 1 aliphatic carbocycles. The molecule has 0 unspecified atom stereocenters. The van der Waals surface area contributed by atoms with Crippen LogP contribution < -0.4 is 5.32 Å². The van der Waals surface area contributed by atoms with Gasteiger partial charge in [-0.05, 0) is 62.4 Å². The van der Waals surface area contributed by atoms with Crippen molar-refractivity contribution in [3.05, 3.63) is 76.4 Å². The van der Waals surface area contributed by atoms with E-state index in [1.807, 2.05) is 42.8 Å². The number of amides is 1. The van der Waals surface area contributed by atoms with Gasteiger partial charge in [-0.1, -0.05) is 24.3 Å². The summed E-state index contributed by atoms with van der Waals surface area (Å²) in [6, 6.07) is 12.7. The van der Waals surface area contributed by atoms with Gasteiger partial charge in [0, 0.05) is 11.3 Å². The first-order valence-electron chi connectivity index (χ1n) is 8.79. The van der Waals surface area contributed by atoms with E-state index in [1.54, 1.807) is 12.1 Å². The summed E-state index contributed by atoms with van der Waals surface area (Å²) in [6.07, 6.45) is 2.71. The quantitative estimate of drug-likeness (QED) is 0.763. The molecule has 26 heavy (non-hydrogen) atoms. The lowest BCUT2D eigenvalue weighted by molar-refractivity contribution is 0.102. The Bertz CT molecular complexity index is 1010. The van der Waals surface area contributed by atoms with Gasteiger partial charge in [-0.2, -0.15) is 5.10 Å². The van der Waals surface area contributed by atoms with Crippen LogP contribution in [-0.4, -0.2) is 15.7 Å². The Balaban J connectivity index is 1.72. The minimum absolute atomic E-state index is 0.179. The van der Waals surface area contributed by atoms with E-state index in [9.17, 15) is 9.18 Å². The first-order chi connectivity index (χ1) is 12.5. The second-order valence-corrected chi connectivity index (χ2v) is 6.76. The van der Waals surface area contributed by atoms with E-state index in [2.05, 4.69) is 10.4 Å². The minimum atomic E-state index is -0.437. The highest BCUT2D eigenvalue weighted by molar-refractivity contribution is 6.04. The van der Waals surface area contributed by atoms with Crippen molar-refractivity contribution in [1.82, 2.24) is 9.78 Å². The average molecular weight is 349 g/mol. The average Bonchev–Trinajstić information content (AvgIpc) is 3.20. The van der Waals surface area contributed by atoms with Gasteiger partial charge in [-0.15, -0.1) is 0 Å². The zero-order chi connectivity index (χ0) is 18.3. The third kappa shape index (κ3) is 2.79. The minimum Gasteiger partial charge on any atom is -0.318 e. The first-order valence-corrected chi connectivity index (χ1v) is 8.79. The normalized spacial score (nSPS) is 12.9. The summed E-state index contributed by atoms with van der Waals surface area (Å²) >= 11 is 0. The predicted octanol–water partition coefficient (Wildman–Crippen LogP) is 4.37. The van der Waals surface area contributed by atoms with Gasteiger partial charge in [0.05, 0.1) is 11.4 Å². The van der Waals surface area contributed by atoms with Gasteiger partial charge in [-0.3, -0.25) is 4.79 Å². The number of nitrogens with zero attached hydrogens (tertiary/aromatic N) is 2. The highest BCUT2D eigenvalue weighted by atomic mass is 19.1. The van der Waals surface area contributed by atoms with Gasteiger partial charge in [-0.25, -0.2) is 9.07 Å². The number of aryl methyl sites for hydroxylation is 2. The molecule has 1 amide bonds. The molecule has 0 saturated carbocycles. The molecule has 0 bridgehead atoms. The molecule has 0 spiro atoms. The maximum atomic E-state index is 14.1. The number of carbonyl (C=O) groups is 1. The Morgan fingerprint density at radius 3 is 2.73 bits per heavy atom. The largest absolute Gasteiger partial charge is 0.318 e. The van der Waals surface area contributed by atoms with E-state index in [1.165, 1.54) is 6.07 Å². The molecule has 0 aliphatic heterocycles. The molecule has 2 aromatic carbocycles. The summed E-state index contributed by atoms with van der Waals surface area (Å²) in [6.45, 7) is 3.84. The van der Waals surface area contributed by atoms with Gasteiger partial charge < -0.3 is 5.32 Å². The number of benzene rings is 2. The zero-order valence-electron chi connectivity index (χ0n) is 14.8. The summed E-state index contributed by atoms with van der Waals surface area (Å²) in [5.74, 6) is -0.799. The number of hydrogen-bond donors (Lipinski definition) is 1. The summed E-state index contributed by atoms with van der Waals surface area (Å²) in [5, 5.41) is 7.26. The summed E-state index contributed by atoms with van der Waals surface area (Å²) in [5.41, 5.74) is 5.50. The van der Waals surface area contributed by atoms with Crippen LogP contribution in [0, 0.1) is 19.7 Å². The second kappa shape index (κ2) is 6.41. The van der Waals surface area contributed by atoms with Crippen molar-refractivity contribution < 1.29 is 9.18 Å². The van der Waals surface area contributed by atoms with Crippen molar-refractivity contribution in [3.63, 3.8) is 0 Å². The molecule has 0 fully saturated rings. The standard InChI is InChI=1S/C21H20FN3O/c1-13-10-11-17(16(22)12-13)23-21(26)20-15-7-5-9-19(15)25(24-20)18-8-4-3-6-14(18)2/h3-4,6,8,10-12H,5,7,9H2,1-2H3,(H,23,26). The fourth-order valence-corrected chi connectivity index (χ4v) is 3.52.